The van der Waals surface area contributed by atoms with Crippen LogP contribution < -0.4 is 0 Å². The summed E-state index contributed by atoms with van der Waals surface area (Å²) in [4.78, 5) is 0. The van der Waals surface area contributed by atoms with E-state index >= 15 is 0 Å². The third kappa shape index (κ3) is 4.62. The number of hydrogen-bond acceptors (Lipinski definition) is 2. The molecule has 1 heterocycles. The second kappa shape index (κ2) is 10.5. The second-order valence-electron chi connectivity index (χ2n) is 11.1. The van der Waals surface area contributed by atoms with Crippen LogP contribution in [0.3, 0.4) is 0 Å². The predicted octanol–water partition coefficient (Wildman–Crippen LogP) is 11.7. The first-order valence-electron chi connectivity index (χ1n) is 14.3. The Morgan fingerprint density at radius 1 is 0.568 bits per heavy atom. The van der Waals surface area contributed by atoms with Crippen molar-refractivity contribution in [2.24, 2.45) is 0 Å². The van der Waals surface area contributed by atoms with Crippen molar-refractivity contribution in [3.05, 3.63) is 72.8 Å². The van der Waals surface area contributed by atoms with Crippen molar-refractivity contribution >= 4 is 59.4 Å². The summed E-state index contributed by atoms with van der Waals surface area (Å²) in [6.07, 6.45) is 14.2. The van der Waals surface area contributed by atoms with E-state index < -0.39 is 8.01 Å². The van der Waals surface area contributed by atoms with Gasteiger partial charge in [-0.15, -0.1) is 0 Å². The van der Waals surface area contributed by atoms with Gasteiger partial charge < -0.3 is 8.39 Å². The maximum atomic E-state index is 6.97. The van der Waals surface area contributed by atoms with Gasteiger partial charge in [0.25, 0.3) is 0 Å². The van der Waals surface area contributed by atoms with Crippen LogP contribution in [0.5, 0.6) is 0 Å². The van der Waals surface area contributed by atoms with Gasteiger partial charge in [-0.25, -0.2) is 0 Å². The van der Waals surface area contributed by atoms with E-state index in [1.54, 1.807) is 0 Å². The van der Waals surface area contributed by atoms with Crippen LogP contribution in [0.1, 0.15) is 64.2 Å². The molecule has 2 nitrogen and oxygen atoms in total. The molecule has 0 N–H and O–H groups in total. The summed E-state index contributed by atoms with van der Waals surface area (Å²) in [5, 5.41) is 7.41. The van der Waals surface area contributed by atoms with E-state index in [1.165, 1.54) is 96.5 Å². The van der Waals surface area contributed by atoms with E-state index in [4.69, 9.17) is 8.39 Å². The van der Waals surface area contributed by atoms with Crippen molar-refractivity contribution in [3.8, 4) is 0 Å². The Hall–Kier alpha value is -2.27. The molecule has 2 saturated carbocycles. The fourth-order valence-corrected chi connectivity index (χ4v) is 13.8. The van der Waals surface area contributed by atoms with Crippen LogP contribution in [-0.2, 0) is 5.90 Å². The monoisotopic (exact) mass is 526 g/mol. The van der Waals surface area contributed by atoms with Gasteiger partial charge in [-0.2, -0.15) is 0 Å². The van der Waals surface area contributed by atoms with Gasteiger partial charge in [0.1, 0.15) is 11.2 Å². The van der Waals surface area contributed by atoms with Gasteiger partial charge in [0.15, 0.2) is 0 Å². The second-order valence-corrected chi connectivity index (χ2v) is 15.7. The molecule has 4 heteroatoms. The fourth-order valence-electron chi connectivity index (χ4n) is 6.95. The molecule has 0 atom stereocenters. The summed E-state index contributed by atoms with van der Waals surface area (Å²) < 4.78 is 13.9. The average molecular weight is 527 g/mol. The molecular formula is C33H36O2P2. The summed E-state index contributed by atoms with van der Waals surface area (Å²) in [6.45, 7) is 0. The lowest BCUT2D eigenvalue weighted by Crippen LogP contribution is -2.20. The molecule has 2 aliphatic rings. The summed E-state index contributed by atoms with van der Waals surface area (Å²) >= 11 is 0. The van der Waals surface area contributed by atoms with E-state index in [9.17, 15) is 0 Å². The van der Waals surface area contributed by atoms with E-state index in [1.807, 2.05) is 0 Å². The first-order valence-corrected chi connectivity index (χ1v) is 17.3. The van der Waals surface area contributed by atoms with Crippen LogP contribution in [0.4, 0.5) is 0 Å². The van der Waals surface area contributed by atoms with Crippen LogP contribution in [0, 0.1) is 0 Å². The van der Waals surface area contributed by atoms with Crippen molar-refractivity contribution in [3.63, 3.8) is 0 Å². The van der Waals surface area contributed by atoms with Gasteiger partial charge in [0.05, 0.1) is 5.90 Å². The first kappa shape index (κ1) is 23.8. The molecule has 7 rings (SSSR count). The lowest BCUT2D eigenvalue weighted by Gasteiger charge is -2.37. The summed E-state index contributed by atoms with van der Waals surface area (Å²) in [7, 11) is -1.14. The maximum absolute atomic E-state index is 6.97. The number of benzene rings is 4. The molecule has 1 aromatic heterocycles. The minimum Gasteiger partial charge on any atom is -0.419 e. The summed E-state index contributed by atoms with van der Waals surface area (Å²) in [5.74, 6) is 1.12. The highest BCUT2D eigenvalue weighted by Gasteiger charge is 2.32. The topological polar surface area (TPSA) is 26.3 Å². The Balaban J connectivity index is 1.46. The summed E-state index contributed by atoms with van der Waals surface area (Å²) in [6, 6.07) is 26.3. The zero-order chi connectivity index (χ0) is 24.6. The lowest BCUT2D eigenvalue weighted by molar-refractivity contribution is 0.484. The molecule has 4 aromatic carbocycles. The van der Waals surface area contributed by atoms with Crippen molar-refractivity contribution in [1.82, 2.24) is 0 Å². The van der Waals surface area contributed by atoms with Crippen molar-refractivity contribution < 1.29 is 8.39 Å². The molecular weight excluding hydrogens is 490 g/mol. The predicted molar refractivity (Wildman–Crippen MR) is 162 cm³/mol. The van der Waals surface area contributed by atoms with Gasteiger partial charge in [-0.05, 0) is 70.7 Å². The molecule has 0 radical (unpaired) electrons. The smallest absolute Gasteiger partial charge is 0.221 e. The molecule has 190 valence electrons. The third-order valence-electron chi connectivity index (χ3n) is 8.80. The molecule has 5 aromatic rings. The van der Waals surface area contributed by atoms with Crippen molar-refractivity contribution in [1.29, 1.82) is 0 Å². The van der Waals surface area contributed by atoms with Crippen LogP contribution in [-0.4, -0.2) is 11.3 Å². The van der Waals surface area contributed by atoms with Crippen LogP contribution >= 0.6 is 15.9 Å². The standard InChI is InChI=1S/C33H36O2P2/c1-3-13-26(14-4-1)36(27-15-5-2-6-16-27)23-37-34-30-21-19-24-11-7-9-17-28(24)32(30)33-29-18-10-8-12-25(29)20-22-31(33)35-37/h7-12,17-22,26-27H,1-6,13-16,23H2. The Morgan fingerprint density at radius 2 is 1.03 bits per heavy atom. The Labute approximate surface area is 221 Å². The maximum Gasteiger partial charge on any atom is 0.221 e. The van der Waals surface area contributed by atoms with E-state index in [0.717, 1.165) is 28.4 Å². The SMILES string of the molecule is c1ccc2c(c1)ccc1op(CP(C3CCCCC3)C3CCCCC3)oc3ccc4ccccc4c3c12. The number of hydrogen-bond donors (Lipinski definition) is 0. The molecule has 0 aliphatic heterocycles. The van der Waals surface area contributed by atoms with E-state index in [-0.39, 0.29) is 7.92 Å². The van der Waals surface area contributed by atoms with Gasteiger partial charge >= 0.3 is 0 Å². The van der Waals surface area contributed by atoms with Crippen LogP contribution in [0.15, 0.2) is 81.2 Å². The molecule has 0 spiro atoms. The van der Waals surface area contributed by atoms with Gasteiger partial charge in [0, 0.05) is 10.8 Å². The highest BCUT2D eigenvalue weighted by molar-refractivity contribution is 7.67. The zero-order valence-corrected chi connectivity index (χ0v) is 23.4. The zero-order valence-electron chi connectivity index (χ0n) is 21.6. The molecule has 0 bridgehead atoms. The van der Waals surface area contributed by atoms with Crippen LogP contribution in [0.25, 0.3) is 43.5 Å². The average Bonchev–Trinajstić information content (AvgIpc) is 3.13. The minimum absolute atomic E-state index is 0.101. The first-order chi connectivity index (χ1) is 18.3. The molecule has 0 amide bonds. The number of rotatable bonds is 4. The van der Waals surface area contributed by atoms with Gasteiger partial charge in [-0.1, -0.05) is 107 Å². The molecule has 0 unspecified atom stereocenters. The van der Waals surface area contributed by atoms with Crippen molar-refractivity contribution in [2.45, 2.75) is 81.4 Å². The summed E-state index contributed by atoms with van der Waals surface area (Å²) in [5.41, 5.74) is 3.80. The van der Waals surface area contributed by atoms with Crippen LogP contribution in [0.2, 0.25) is 0 Å². The largest absolute Gasteiger partial charge is 0.419 e. The Morgan fingerprint density at radius 3 is 1.51 bits per heavy atom. The molecule has 2 aliphatic carbocycles. The quantitative estimate of drug-likeness (QED) is 0.218. The Bertz CT molecular complexity index is 1480. The highest BCUT2D eigenvalue weighted by atomic mass is 31.2. The molecule has 0 saturated heterocycles. The number of fused-ring (bicyclic) bond motifs is 7. The highest BCUT2D eigenvalue weighted by Crippen LogP contribution is 2.62. The van der Waals surface area contributed by atoms with Gasteiger partial charge in [-0.3, -0.25) is 0 Å². The molecule has 2 fully saturated rings. The lowest BCUT2D eigenvalue weighted by atomic mass is 9.99. The van der Waals surface area contributed by atoms with E-state index in [0.29, 0.717) is 0 Å². The fraction of sp³-hybridized carbons (Fsp3) is 0.394. The molecule has 37 heavy (non-hydrogen) atoms. The minimum atomic E-state index is -1.04. The third-order valence-corrected chi connectivity index (χ3v) is 14.7. The Kier molecular flexibility index (Phi) is 6.74. The van der Waals surface area contributed by atoms with Gasteiger partial charge in [0.2, 0.25) is 8.01 Å². The van der Waals surface area contributed by atoms with E-state index in [2.05, 4.69) is 72.8 Å². The normalized spacial score (nSPS) is 17.9. The van der Waals surface area contributed by atoms with Crippen molar-refractivity contribution in [2.75, 3.05) is 0 Å².